The molecule has 20 heavy (non-hydrogen) atoms. The topological polar surface area (TPSA) is 75.1 Å². The Labute approximate surface area is 120 Å². The number of carboxylic acid groups (broad SMARTS) is 1. The number of nitrogens with one attached hydrogen (secondary N) is 1. The summed E-state index contributed by atoms with van der Waals surface area (Å²) in [5.74, 6) is 0.456. The number of aromatic nitrogens is 2. The number of anilines is 1. The number of hydrogen-bond acceptors (Lipinski definition) is 5. The maximum Gasteiger partial charge on any atom is 0.326 e. The maximum absolute atomic E-state index is 11.4. The normalized spacial score (nSPS) is 15.8. The number of nitrogens with zero attached hydrogens (tertiary/aromatic N) is 2. The van der Waals surface area contributed by atoms with Gasteiger partial charge in [0.1, 0.15) is 11.9 Å². The lowest BCUT2D eigenvalue weighted by atomic mass is 10.1. The first-order valence-corrected chi connectivity index (χ1v) is 7.36. The number of rotatable bonds is 6. The quantitative estimate of drug-likeness (QED) is 0.854. The molecular weight excluding hydrogens is 274 g/mol. The van der Waals surface area contributed by atoms with Gasteiger partial charge in [0.2, 0.25) is 5.13 Å². The minimum Gasteiger partial charge on any atom is -0.480 e. The van der Waals surface area contributed by atoms with E-state index in [1.54, 1.807) is 0 Å². The van der Waals surface area contributed by atoms with Crippen molar-refractivity contribution < 1.29 is 9.90 Å². The van der Waals surface area contributed by atoms with Crippen LogP contribution in [-0.4, -0.2) is 26.5 Å². The molecule has 0 amide bonds. The lowest BCUT2D eigenvalue weighted by Crippen LogP contribution is -2.31. The molecule has 0 spiro atoms. The van der Waals surface area contributed by atoms with Crippen LogP contribution >= 0.6 is 11.5 Å². The van der Waals surface area contributed by atoms with Crippen LogP contribution in [0.4, 0.5) is 5.13 Å². The molecule has 0 unspecified atom stereocenters. The minimum atomic E-state index is -0.878. The zero-order valence-corrected chi connectivity index (χ0v) is 11.6. The van der Waals surface area contributed by atoms with Gasteiger partial charge in [-0.3, -0.25) is 0 Å². The number of benzene rings is 1. The highest BCUT2D eigenvalue weighted by atomic mass is 32.1. The summed E-state index contributed by atoms with van der Waals surface area (Å²) in [4.78, 5) is 15.7. The number of hydrogen-bond donors (Lipinski definition) is 2. The smallest absolute Gasteiger partial charge is 0.326 e. The number of carbonyl (C=O) groups is 1. The van der Waals surface area contributed by atoms with Crippen LogP contribution in [0.5, 0.6) is 0 Å². The number of aliphatic carboxylic acids is 1. The van der Waals surface area contributed by atoms with Crippen LogP contribution in [0.1, 0.15) is 30.1 Å². The Kier molecular flexibility index (Phi) is 3.64. The van der Waals surface area contributed by atoms with Crippen molar-refractivity contribution in [3.8, 4) is 0 Å². The fraction of sp³-hybridized carbons (Fsp3) is 0.357. The monoisotopic (exact) mass is 289 g/mol. The van der Waals surface area contributed by atoms with E-state index in [0.29, 0.717) is 17.5 Å². The van der Waals surface area contributed by atoms with Crippen LogP contribution in [0.3, 0.4) is 0 Å². The van der Waals surface area contributed by atoms with Crippen molar-refractivity contribution in [1.29, 1.82) is 0 Å². The van der Waals surface area contributed by atoms with Gasteiger partial charge in [-0.15, -0.1) is 0 Å². The third-order valence-electron chi connectivity index (χ3n) is 3.26. The Hall–Kier alpha value is -1.95. The van der Waals surface area contributed by atoms with E-state index in [1.165, 1.54) is 11.5 Å². The second kappa shape index (κ2) is 5.58. The molecule has 1 aromatic heterocycles. The van der Waals surface area contributed by atoms with Crippen LogP contribution in [0.2, 0.25) is 0 Å². The average molecular weight is 289 g/mol. The Morgan fingerprint density at radius 3 is 2.80 bits per heavy atom. The molecular formula is C14H15N3O2S. The summed E-state index contributed by atoms with van der Waals surface area (Å²) in [6, 6.07) is 8.90. The van der Waals surface area contributed by atoms with Gasteiger partial charge in [0.15, 0.2) is 0 Å². The summed E-state index contributed by atoms with van der Waals surface area (Å²) in [5, 5.41) is 12.9. The first-order chi connectivity index (χ1) is 9.72. The maximum atomic E-state index is 11.4. The highest BCUT2D eigenvalue weighted by Crippen LogP contribution is 2.39. The van der Waals surface area contributed by atoms with E-state index in [-0.39, 0.29) is 0 Å². The molecule has 6 heteroatoms. The fourth-order valence-electron chi connectivity index (χ4n) is 2.00. The lowest BCUT2D eigenvalue weighted by Gasteiger charge is -2.13. The van der Waals surface area contributed by atoms with Gasteiger partial charge in [-0.05, 0) is 18.4 Å². The van der Waals surface area contributed by atoms with Crippen molar-refractivity contribution in [1.82, 2.24) is 9.36 Å². The molecule has 1 fully saturated rings. The molecule has 1 aliphatic rings. The highest BCUT2D eigenvalue weighted by molar-refractivity contribution is 7.09. The van der Waals surface area contributed by atoms with Crippen LogP contribution in [0.15, 0.2) is 30.3 Å². The molecule has 1 heterocycles. The molecule has 0 bridgehead atoms. The summed E-state index contributed by atoms with van der Waals surface area (Å²) in [5.41, 5.74) is 0.985. The Morgan fingerprint density at radius 2 is 2.15 bits per heavy atom. The fourth-order valence-corrected chi connectivity index (χ4v) is 2.70. The molecule has 0 aliphatic heterocycles. The van der Waals surface area contributed by atoms with Crippen LogP contribution in [0, 0.1) is 0 Å². The SMILES string of the molecule is O=C(O)[C@H](Cc1ccccc1)Nc1nc(C2CC2)ns1. The summed E-state index contributed by atoms with van der Waals surface area (Å²) in [7, 11) is 0. The molecule has 0 saturated heterocycles. The van der Waals surface area contributed by atoms with Crippen LogP contribution in [0.25, 0.3) is 0 Å². The van der Waals surface area contributed by atoms with Crippen molar-refractivity contribution in [3.63, 3.8) is 0 Å². The Balaban J connectivity index is 1.68. The summed E-state index contributed by atoms with van der Waals surface area (Å²) in [6.07, 6.45) is 2.71. The molecule has 104 valence electrons. The Morgan fingerprint density at radius 1 is 1.40 bits per heavy atom. The molecule has 2 aromatic rings. The van der Waals surface area contributed by atoms with Gasteiger partial charge in [-0.25, -0.2) is 9.78 Å². The molecule has 3 rings (SSSR count). The predicted octanol–water partition coefficient (Wildman–Crippen LogP) is 2.52. The molecule has 5 nitrogen and oxygen atoms in total. The predicted molar refractivity (Wildman–Crippen MR) is 77.1 cm³/mol. The van der Waals surface area contributed by atoms with E-state index in [9.17, 15) is 9.90 Å². The first-order valence-electron chi connectivity index (χ1n) is 6.59. The van der Waals surface area contributed by atoms with E-state index in [2.05, 4.69) is 14.7 Å². The highest BCUT2D eigenvalue weighted by Gasteiger charge is 2.28. The van der Waals surface area contributed by atoms with Gasteiger partial charge in [0.05, 0.1) is 0 Å². The molecule has 1 saturated carbocycles. The Bertz CT molecular complexity index is 595. The average Bonchev–Trinajstić information content (AvgIpc) is 3.19. The van der Waals surface area contributed by atoms with Crippen molar-refractivity contribution in [2.75, 3.05) is 5.32 Å². The van der Waals surface area contributed by atoms with E-state index in [1.807, 2.05) is 30.3 Å². The summed E-state index contributed by atoms with van der Waals surface area (Å²) < 4.78 is 4.27. The third kappa shape index (κ3) is 3.14. The van der Waals surface area contributed by atoms with Crippen molar-refractivity contribution >= 4 is 22.6 Å². The minimum absolute atomic E-state index is 0.425. The van der Waals surface area contributed by atoms with E-state index in [4.69, 9.17) is 0 Å². The second-order valence-electron chi connectivity index (χ2n) is 4.96. The number of carboxylic acids is 1. The van der Waals surface area contributed by atoms with Crippen molar-refractivity contribution in [2.24, 2.45) is 0 Å². The van der Waals surface area contributed by atoms with E-state index in [0.717, 1.165) is 24.2 Å². The van der Waals surface area contributed by atoms with Crippen LogP contribution in [-0.2, 0) is 11.2 Å². The molecule has 0 radical (unpaired) electrons. The molecule has 1 atom stereocenters. The summed E-state index contributed by atoms with van der Waals surface area (Å²) >= 11 is 1.24. The lowest BCUT2D eigenvalue weighted by molar-refractivity contribution is -0.137. The standard InChI is InChI=1S/C14H15N3O2S/c18-13(19)11(8-9-4-2-1-3-5-9)15-14-16-12(17-20-14)10-6-7-10/h1-5,10-11H,6-8H2,(H,18,19)(H,15,16,17)/t11-/m0/s1. The summed E-state index contributed by atoms with van der Waals surface area (Å²) in [6.45, 7) is 0. The van der Waals surface area contributed by atoms with E-state index < -0.39 is 12.0 Å². The first kappa shape index (κ1) is 13.1. The van der Waals surface area contributed by atoms with Crippen LogP contribution < -0.4 is 5.32 Å². The van der Waals surface area contributed by atoms with Gasteiger partial charge in [0.25, 0.3) is 0 Å². The zero-order chi connectivity index (χ0) is 13.9. The molecule has 1 aliphatic carbocycles. The van der Waals surface area contributed by atoms with Crippen molar-refractivity contribution in [2.45, 2.75) is 31.2 Å². The largest absolute Gasteiger partial charge is 0.480 e. The molecule has 1 aromatic carbocycles. The van der Waals surface area contributed by atoms with Gasteiger partial charge < -0.3 is 10.4 Å². The van der Waals surface area contributed by atoms with Gasteiger partial charge in [-0.1, -0.05) is 30.3 Å². The third-order valence-corrected chi connectivity index (χ3v) is 3.92. The van der Waals surface area contributed by atoms with E-state index >= 15 is 0 Å². The second-order valence-corrected chi connectivity index (χ2v) is 5.71. The zero-order valence-electron chi connectivity index (χ0n) is 10.8. The van der Waals surface area contributed by atoms with Gasteiger partial charge >= 0.3 is 5.97 Å². The molecule has 2 N–H and O–H groups in total. The van der Waals surface area contributed by atoms with Crippen molar-refractivity contribution in [3.05, 3.63) is 41.7 Å². The van der Waals surface area contributed by atoms with Gasteiger partial charge in [0, 0.05) is 23.9 Å². The van der Waals surface area contributed by atoms with Gasteiger partial charge in [-0.2, -0.15) is 4.37 Å².